The summed E-state index contributed by atoms with van der Waals surface area (Å²) in [4.78, 5) is 26.0. The quantitative estimate of drug-likeness (QED) is 0.844. The number of thiophene rings is 1. The Morgan fingerprint density at radius 1 is 1.28 bits per heavy atom. The number of carbonyl (C=O) groups excluding carboxylic acids is 1. The van der Waals surface area contributed by atoms with Crippen LogP contribution in [-0.2, 0) is 4.74 Å². The molecule has 2 aliphatic heterocycles. The fourth-order valence-electron chi connectivity index (χ4n) is 3.37. The number of aromatic nitrogens is 2. The first kappa shape index (κ1) is 16.5. The maximum atomic E-state index is 12.8. The van der Waals surface area contributed by atoms with Crippen molar-refractivity contribution >= 4 is 23.2 Å². The number of hydrogen-bond donors (Lipinski definition) is 0. The summed E-state index contributed by atoms with van der Waals surface area (Å²) in [5.74, 6) is 0.858. The number of rotatable bonds is 3. The molecule has 2 saturated heterocycles. The number of hydrogen-bond acceptors (Lipinski definition) is 6. The van der Waals surface area contributed by atoms with Crippen LogP contribution in [0.25, 0.3) is 0 Å². The third-order valence-electron chi connectivity index (χ3n) is 4.82. The van der Waals surface area contributed by atoms with Gasteiger partial charge in [0.15, 0.2) is 0 Å². The van der Waals surface area contributed by atoms with E-state index in [0.29, 0.717) is 19.7 Å². The van der Waals surface area contributed by atoms with Gasteiger partial charge in [-0.25, -0.2) is 9.97 Å². The number of aryl methyl sites for hydroxylation is 1. The van der Waals surface area contributed by atoms with Crippen LogP contribution in [0.1, 0.15) is 40.6 Å². The van der Waals surface area contributed by atoms with Gasteiger partial charge in [-0.2, -0.15) is 11.3 Å². The van der Waals surface area contributed by atoms with Gasteiger partial charge in [0.05, 0.1) is 24.4 Å². The standard InChI is InChI=1S/C18H22N4O2S/c1-13-11-25-12-14(13)17(23)22-8-9-24-16(10-22)15-4-5-19-18(20-15)21-6-2-3-7-21/h4-5,11-12,16H,2-3,6-10H2,1H3. The van der Waals surface area contributed by atoms with E-state index in [0.717, 1.165) is 35.9 Å². The highest BCUT2D eigenvalue weighted by molar-refractivity contribution is 7.08. The van der Waals surface area contributed by atoms with Crippen molar-refractivity contribution in [2.75, 3.05) is 37.7 Å². The lowest BCUT2D eigenvalue weighted by Gasteiger charge is -2.33. The SMILES string of the molecule is Cc1cscc1C(=O)N1CCOC(c2ccnc(N3CCCC3)n2)C1. The number of ether oxygens (including phenoxy) is 1. The Kier molecular flexibility index (Phi) is 4.67. The summed E-state index contributed by atoms with van der Waals surface area (Å²) in [5, 5.41) is 3.94. The highest BCUT2D eigenvalue weighted by atomic mass is 32.1. The van der Waals surface area contributed by atoms with Gasteiger partial charge in [0.25, 0.3) is 5.91 Å². The van der Waals surface area contributed by atoms with Gasteiger partial charge in [0, 0.05) is 31.2 Å². The lowest BCUT2D eigenvalue weighted by Crippen LogP contribution is -2.42. The van der Waals surface area contributed by atoms with E-state index in [1.165, 1.54) is 12.8 Å². The summed E-state index contributed by atoms with van der Waals surface area (Å²) in [6.07, 6.45) is 3.98. The Hall–Kier alpha value is -1.99. The average Bonchev–Trinajstić information content (AvgIpc) is 3.33. The second-order valence-corrected chi connectivity index (χ2v) is 7.30. The third-order valence-corrected chi connectivity index (χ3v) is 5.68. The Morgan fingerprint density at radius 2 is 2.12 bits per heavy atom. The highest BCUT2D eigenvalue weighted by Gasteiger charge is 2.28. The molecule has 6 nitrogen and oxygen atoms in total. The van der Waals surface area contributed by atoms with Crippen LogP contribution in [0.4, 0.5) is 5.95 Å². The average molecular weight is 358 g/mol. The number of morpholine rings is 1. The van der Waals surface area contributed by atoms with Crippen molar-refractivity contribution in [1.82, 2.24) is 14.9 Å². The molecule has 2 aromatic rings. The zero-order valence-corrected chi connectivity index (χ0v) is 15.2. The minimum Gasteiger partial charge on any atom is -0.368 e. The molecule has 2 aliphatic rings. The predicted octanol–water partition coefficient (Wildman–Crippen LogP) is 2.66. The van der Waals surface area contributed by atoms with E-state index < -0.39 is 0 Å². The topological polar surface area (TPSA) is 58.6 Å². The Bertz CT molecular complexity index is 757. The van der Waals surface area contributed by atoms with Crippen LogP contribution in [0.2, 0.25) is 0 Å². The summed E-state index contributed by atoms with van der Waals surface area (Å²) in [7, 11) is 0. The highest BCUT2D eigenvalue weighted by Crippen LogP contribution is 2.25. The molecule has 4 rings (SSSR count). The minimum absolute atomic E-state index is 0.0841. The summed E-state index contributed by atoms with van der Waals surface area (Å²) in [5.41, 5.74) is 2.69. The number of anilines is 1. The molecular weight excluding hydrogens is 336 g/mol. The Morgan fingerprint density at radius 3 is 2.88 bits per heavy atom. The maximum absolute atomic E-state index is 12.8. The van der Waals surface area contributed by atoms with Crippen molar-refractivity contribution in [3.8, 4) is 0 Å². The smallest absolute Gasteiger partial charge is 0.255 e. The number of nitrogens with zero attached hydrogens (tertiary/aromatic N) is 4. The molecule has 1 amide bonds. The van der Waals surface area contributed by atoms with E-state index in [9.17, 15) is 4.79 Å². The molecule has 1 unspecified atom stereocenters. The van der Waals surface area contributed by atoms with E-state index in [4.69, 9.17) is 9.72 Å². The van der Waals surface area contributed by atoms with Gasteiger partial charge in [-0.15, -0.1) is 0 Å². The van der Waals surface area contributed by atoms with Crippen LogP contribution in [0, 0.1) is 6.92 Å². The summed E-state index contributed by atoms with van der Waals surface area (Å²) < 4.78 is 5.91. The molecular formula is C18H22N4O2S. The first-order valence-electron chi connectivity index (χ1n) is 8.74. The fourth-order valence-corrected chi connectivity index (χ4v) is 4.20. The molecule has 0 aliphatic carbocycles. The van der Waals surface area contributed by atoms with E-state index in [2.05, 4.69) is 9.88 Å². The molecule has 0 bridgehead atoms. The van der Waals surface area contributed by atoms with Crippen molar-refractivity contribution in [3.63, 3.8) is 0 Å². The largest absolute Gasteiger partial charge is 0.368 e. The Balaban J connectivity index is 1.50. The van der Waals surface area contributed by atoms with Gasteiger partial charge in [-0.1, -0.05) is 0 Å². The monoisotopic (exact) mass is 358 g/mol. The maximum Gasteiger partial charge on any atom is 0.255 e. The molecule has 1 atom stereocenters. The Labute approximate surface area is 151 Å². The number of amides is 1. The lowest BCUT2D eigenvalue weighted by molar-refractivity contribution is -0.0247. The van der Waals surface area contributed by atoms with Crippen molar-refractivity contribution in [1.29, 1.82) is 0 Å². The second-order valence-electron chi connectivity index (χ2n) is 6.55. The molecule has 0 N–H and O–H groups in total. The normalized spacial score (nSPS) is 20.9. The van der Waals surface area contributed by atoms with Gasteiger partial charge in [0.1, 0.15) is 6.10 Å². The van der Waals surface area contributed by atoms with E-state index in [-0.39, 0.29) is 12.0 Å². The molecule has 0 spiro atoms. The molecule has 0 aromatic carbocycles. The third kappa shape index (κ3) is 3.39. The van der Waals surface area contributed by atoms with Crippen molar-refractivity contribution in [2.45, 2.75) is 25.9 Å². The van der Waals surface area contributed by atoms with Crippen molar-refractivity contribution < 1.29 is 9.53 Å². The van der Waals surface area contributed by atoms with E-state index >= 15 is 0 Å². The van der Waals surface area contributed by atoms with Crippen LogP contribution >= 0.6 is 11.3 Å². The molecule has 132 valence electrons. The molecule has 7 heteroatoms. The van der Waals surface area contributed by atoms with Gasteiger partial charge in [-0.05, 0) is 36.8 Å². The zero-order valence-electron chi connectivity index (χ0n) is 14.4. The van der Waals surface area contributed by atoms with Crippen LogP contribution in [-0.4, -0.2) is 53.6 Å². The predicted molar refractivity (Wildman–Crippen MR) is 97.1 cm³/mol. The molecule has 4 heterocycles. The van der Waals surface area contributed by atoms with Gasteiger partial charge >= 0.3 is 0 Å². The van der Waals surface area contributed by atoms with Crippen LogP contribution in [0.15, 0.2) is 23.0 Å². The second kappa shape index (κ2) is 7.09. The van der Waals surface area contributed by atoms with Crippen molar-refractivity contribution in [2.24, 2.45) is 0 Å². The fraction of sp³-hybridized carbons (Fsp3) is 0.500. The van der Waals surface area contributed by atoms with Crippen LogP contribution in [0.5, 0.6) is 0 Å². The zero-order chi connectivity index (χ0) is 17.2. The molecule has 2 aromatic heterocycles. The van der Waals surface area contributed by atoms with Crippen molar-refractivity contribution in [3.05, 3.63) is 39.8 Å². The molecule has 0 radical (unpaired) electrons. The number of carbonyl (C=O) groups is 1. The van der Waals surface area contributed by atoms with Crippen LogP contribution in [0.3, 0.4) is 0 Å². The van der Waals surface area contributed by atoms with Crippen LogP contribution < -0.4 is 4.90 Å². The van der Waals surface area contributed by atoms with E-state index in [1.807, 2.05) is 28.7 Å². The first-order chi connectivity index (χ1) is 12.2. The first-order valence-corrected chi connectivity index (χ1v) is 9.68. The molecule has 2 fully saturated rings. The molecule has 25 heavy (non-hydrogen) atoms. The summed E-state index contributed by atoms with van der Waals surface area (Å²) in [6.45, 7) is 5.68. The summed E-state index contributed by atoms with van der Waals surface area (Å²) in [6, 6.07) is 1.90. The lowest BCUT2D eigenvalue weighted by atomic mass is 10.1. The van der Waals surface area contributed by atoms with Gasteiger partial charge in [0.2, 0.25) is 5.95 Å². The molecule has 0 saturated carbocycles. The van der Waals surface area contributed by atoms with Gasteiger partial charge < -0.3 is 14.5 Å². The van der Waals surface area contributed by atoms with Gasteiger partial charge in [-0.3, -0.25) is 4.79 Å². The summed E-state index contributed by atoms with van der Waals surface area (Å²) >= 11 is 1.57. The minimum atomic E-state index is -0.194. The van der Waals surface area contributed by atoms with E-state index in [1.54, 1.807) is 17.5 Å².